The molecule has 2 fully saturated rings. The molecule has 4 aliphatic rings. The van der Waals surface area contributed by atoms with Crippen LogP contribution >= 0.6 is 11.6 Å². The quantitative estimate of drug-likeness (QED) is 0.495. The number of rotatable bonds is 0. The van der Waals surface area contributed by atoms with Gasteiger partial charge >= 0.3 is 5.97 Å². The van der Waals surface area contributed by atoms with E-state index in [1.165, 1.54) is 12.8 Å². The van der Waals surface area contributed by atoms with Crippen molar-refractivity contribution in [3.8, 4) is 0 Å². The lowest BCUT2D eigenvalue weighted by Gasteiger charge is -2.44. The van der Waals surface area contributed by atoms with Gasteiger partial charge in [0.1, 0.15) is 5.60 Å². The van der Waals surface area contributed by atoms with E-state index in [0.29, 0.717) is 5.92 Å². The molecule has 3 aliphatic carbocycles. The fourth-order valence-electron chi connectivity index (χ4n) is 4.55. The van der Waals surface area contributed by atoms with Crippen molar-refractivity contribution in [2.75, 3.05) is 0 Å². The molecule has 3 heteroatoms. The summed E-state index contributed by atoms with van der Waals surface area (Å²) in [5.41, 5.74) is -0.303. The molecular formula is C15H17ClO2. The standard InChI is InChI=1S/C15H17ClO2/c1-14-11(16)8-9-4-2-3-5-10(13(17)18-14)12(14)15(9)6-7-15/h2,4,8-10,12H,3,5-7H2,1H3/b4-2-/t9-,10+,12+,14-/m1/s1. The van der Waals surface area contributed by atoms with Gasteiger partial charge in [0.05, 0.1) is 11.0 Å². The summed E-state index contributed by atoms with van der Waals surface area (Å²) in [6, 6.07) is 0. The van der Waals surface area contributed by atoms with Crippen molar-refractivity contribution in [2.24, 2.45) is 23.2 Å². The topological polar surface area (TPSA) is 26.3 Å². The van der Waals surface area contributed by atoms with Gasteiger partial charge in [-0.15, -0.1) is 0 Å². The van der Waals surface area contributed by atoms with Gasteiger partial charge < -0.3 is 4.74 Å². The molecule has 1 saturated carbocycles. The number of esters is 1. The molecule has 1 aliphatic heterocycles. The number of allylic oxidation sites excluding steroid dienone is 3. The SMILES string of the molecule is C[C@@]12OC(=O)[C@H]3CC/C=C\[C@H](C=C1Cl)C1(CC1)[C@@H]32. The normalized spacial score (nSPS) is 49.1. The first-order valence-corrected chi connectivity index (χ1v) is 7.23. The maximum Gasteiger partial charge on any atom is 0.310 e. The second kappa shape index (κ2) is 3.22. The molecule has 0 radical (unpaired) electrons. The Kier molecular flexibility index (Phi) is 1.98. The first kappa shape index (κ1) is 11.1. The van der Waals surface area contributed by atoms with E-state index in [2.05, 4.69) is 18.2 Å². The van der Waals surface area contributed by atoms with E-state index in [0.717, 1.165) is 17.9 Å². The van der Waals surface area contributed by atoms with Gasteiger partial charge in [0.2, 0.25) is 0 Å². The molecule has 0 aromatic carbocycles. The van der Waals surface area contributed by atoms with Crippen LogP contribution in [0.3, 0.4) is 0 Å². The number of ether oxygens (including phenoxy) is 1. The molecule has 0 unspecified atom stereocenters. The van der Waals surface area contributed by atoms with Crippen LogP contribution in [0.2, 0.25) is 0 Å². The molecule has 1 spiro atoms. The van der Waals surface area contributed by atoms with E-state index in [9.17, 15) is 4.79 Å². The molecule has 0 aromatic heterocycles. The fraction of sp³-hybridized carbons (Fsp3) is 0.667. The maximum atomic E-state index is 12.2. The van der Waals surface area contributed by atoms with Crippen molar-refractivity contribution in [3.63, 3.8) is 0 Å². The van der Waals surface area contributed by atoms with E-state index < -0.39 is 5.60 Å². The molecule has 1 saturated heterocycles. The number of carbonyl (C=O) groups is 1. The Morgan fingerprint density at radius 3 is 2.94 bits per heavy atom. The Bertz CT molecular complexity index is 489. The van der Waals surface area contributed by atoms with Gasteiger partial charge in [-0.05, 0) is 38.0 Å². The largest absolute Gasteiger partial charge is 0.453 e. The highest BCUT2D eigenvalue weighted by Gasteiger charge is 2.70. The fourth-order valence-corrected chi connectivity index (χ4v) is 4.84. The van der Waals surface area contributed by atoms with Gasteiger partial charge in [-0.3, -0.25) is 4.79 Å². The third-order valence-electron chi connectivity index (χ3n) is 5.51. The van der Waals surface area contributed by atoms with Crippen LogP contribution in [0.5, 0.6) is 0 Å². The third kappa shape index (κ3) is 1.13. The maximum absolute atomic E-state index is 12.2. The predicted octanol–water partition coefficient (Wildman–Crippen LogP) is 3.42. The van der Waals surface area contributed by atoms with E-state index >= 15 is 0 Å². The summed E-state index contributed by atoms with van der Waals surface area (Å²) in [6.45, 7) is 2.01. The molecule has 18 heavy (non-hydrogen) atoms. The van der Waals surface area contributed by atoms with Gasteiger partial charge in [-0.2, -0.15) is 0 Å². The molecule has 2 nitrogen and oxygen atoms in total. The van der Waals surface area contributed by atoms with E-state index in [1.54, 1.807) is 0 Å². The second-order valence-electron chi connectivity index (χ2n) is 6.39. The Morgan fingerprint density at radius 2 is 2.22 bits per heavy atom. The van der Waals surface area contributed by atoms with Crippen LogP contribution in [0.15, 0.2) is 23.3 Å². The Hall–Kier alpha value is -0.760. The average molecular weight is 265 g/mol. The molecule has 2 bridgehead atoms. The number of halogens is 1. The van der Waals surface area contributed by atoms with Crippen LogP contribution < -0.4 is 0 Å². The minimum absolute atomic E-state index is 0.0312. The van der Waals surface area contributed by atoms with Gasteiger partial charge in [0.15, 0.2) is 0 Å². The highest BCUT2D eigenvalue weighted by atomic mass is 35.5. The lowest BCUT2D eigenvalue weighted by Crippen LogP contribution is -2.46. The zero-order valence-corrected chi connectivity index (χ0v) is 11.2. The van der Waals surface area contributed by atoms with E-state index in [4.69, 9.17) is 16.3 Å². The van der Waals surface area contributed by atoms with Crippen LogP contribution in [0.1, 0.15) is 32.6 Å². The summed E-state index contributed by atoms with van der Waals surface area (Å²) < 4.78 is 5.71. The smallest absolute Gasteiger partial charge is 0.310 e. The van der Waals surface area contributed by atoms with Crippen molar-refractivity contribution in [3.05, 3.63) is 23.3 Å². The number of carbonyl (C=O) groups excluding carboxylic acids is 1. The van der Waals surface area contributed by atoms with Crippen LogP contribution in [0, 0.1) is 23.2 Å². The van der Waals surface area contributed by atoms with Gasteiger partial charge in [0.25, 0.3) is 0 Å². The molecule has 0 amide bonds. The third-order valence-corrected chi connectivity index (χ3v) is 6.01. The molecule has 1 heterocycles. The molecule has 4 rings (SSSR count). The van der Waals surface area contributed by atoms with Gasteiger partial charge in [-0.25, -0.2) is 0 Å². The monoisotopic (exact) mass is 264 g/mol. The van der Waals surface area contributed by atoms with Crippen molar-refractivity contribution in [2.45, 2.75) is 38.2 Å². The highest BCUT2D eigenvalue weighted by Crippen LogP contribution is 2.70. The Balaban J connectivity index is 1.95. The highest BCUT2D eigenvalue weighted by molar-refractivity contribution is 6.31. The molecule has 4 atom stereocenters. The Labute approximate surface area is 112 Å². The van der Waals surface area contributed by atoms with Crippen molar-refractivity contribution < 1.29 is 9.53 Å². The van der Waals surface area contributed by atoms with Crippen LogP contribution in [0.4, 0.5) is 0 Å². The number of hydrogen-bond donors (Lipinski definition) is 0. The van der Waals surface area contributed by atoms with Crippen LogP contribution in [-0.2, 0) is 9.53 Å². The van der Waals surface area contributed by atoms with Crippen LogP contribution in [-0.4, -0.2) is 11.6 Å². The van der Waals surface area contributed by atoms with Crippen molar-refractivity contribution >= 4 is 17.6 Å². The summed E-state index contributed by atoms with van der Waals surface area (Å²) >= 11 is 6.45. The van der Waals surface area contributed by atoms with E-state index in [1.807, 2.05) is 6.92 Å². The zero-order valence-electron chi connectivity index (χ0n) is 10.5. The molecule has 0 N–H and O–H groups in total. The van der Waals surface area contributed by atoms with Gasteiger partial charge in [-0.1, -0.05) is 29.8 Å². The lowest BCUT2D eigenvalue weighted by atomic mass is 9.61. The first-order chi connectivity index (χ1) is 8.58. The Morgan fingerprint density at radius 1 is 1.44 bits per heavy atom. The summed E-state index contributed by atoms with van der Waals surface area (Å²) in [5.74, 6) is 0.703. The molecular weight excluding hydrogens is 248 g/mol. The summed E-state index contributed by atoms with van der Waals surface area (Å²) in [4.78, 5) is 12.2. The zero-order chi connectivity index (χ0) is 12.5. The van der Waals surface area contributed by atoms with Crippen molar-refractivity contribution in [1.29, 1.82) is 0 Å². The average Bonchev–Trinajstić information content (AvgIpc) is 3.04. The minimum Gasteiger partial charge on any atom is -0.453 e. The van der Waals surface area contributed by atoms with Crippen LogP contribution in [0.25, 0.3) is 0 Å². The van der Waals surface area contributed by atoms with E-state index in [-0.39, 0.29) is 23.2 Å². The summed E-state index contributed by atoms with van der Waals surface area (Å²) in [5, 5.41) is 0.734. The predicted molar refractivity (Wildman–Crippen MR) is 68.9 cm³/mol. The number of hydrogen-bond acceptors (Lipinski definition) is 2. The van der Waals surface area contributed by atoms with Crippen molar-refractivity contribution in [1.82, 2.24) is 0 Å². The molecule has 0 aromatic rings. The summed E-state index contributed by atoms with van der Waals surface area (Å²) in [7, 11) is 0. The van der Waals surface area contributed by atoms with Gasteiger partial charge in [0, 0.05) is 11.8 Å². The minimum atomic E-state index is -0.554. The lowest BCUT2D eigenvalue weighted by molar-refractivity contribution is -0.147. The summed E-state index contributed by atoms with van der Waals surface area (Å²) in [6.07, 6.45) is 10.9. The first-order valence-electron chi connectivity index (χ1n) is 6.85. The second-order valence-corrected chi connectivity index (χ2v) is 6.80. The molecule has 96 valence electrons.